The number of nitrogens with one attached hydrogen (secondary N) is 1. The van der Waals surface area contributed by atoms with Gasteiger partial charge in [0, 0.05) is 86.9 Å². The summed E-state index contributed by atoms with van der Waals surface area (Å²) >= 11 is 24.2. The Morgan fingerprint density at radius 2 is 1.15 bits per heavy atom. The molecule has 0 bridgehead atoms. The van der Waals surface area contributed by atoms with Gasteiger partial charge < -0.3 is 15.1 Å². The summed E-state index contributed by atoms with van der Waals surface area (Å²) in [6.07, 6.45) is 10.8. The molecule has 4 aromatic carbocycles. The van der Waals surface area contributed by atoms with Crippen LogP contribution in [0.1, 0.15) is 64.4 Å². The molecule has 0 aliphatic rings. The summed E-state index contributed by atoms with van der Waals surface area (Å²) in [5.41, 5.74) is 2.74. The molecule has 59 heavy (non-hydrogen) atoms. The van der Waals surface area contributed by atoms with E-state index < -0.39 is 11.2 Å². The number of aryl methyl sites for hydroxylation is 1. The molecule has 9 nitrogen and oxygen atoms in total. The zero-order valence-corrected chi connectivity index (χ0v) is 36.0. The predicted molar refractivity (Wildman–Crippen MR) is 239 cm³/mol. The van der Waals surface area contributed by atoms with Crippen LogP contribution in [-0.2, 0) is 17.6 Å². The number of aromatic amines is 1. The molecule has 13 heteroatoms. The van der Waals surface area contributed by atoms with Crippen LogP contribution in [0, 0.1) is 6.92 Å². The van der Waals surface area contributed by atoms with Crippen LogP contribution >= 0.6 is 46.4 Å². The number of H-pyrrole nitrogens is 1. The van der Waals surface area contributed by atoms with Crippen molar-refractivity contribution in [3.05, 3.63) is 215 Å². The quantitative estimate of drug-likeness (QED) is 0.124. The van der Waals surface area contributed by atoms with Crippen LogP contribution in [-0.4, -0.2) is 49.2 Å². The minimum Gasteiger partial charge on any atom is -0.376 e. The second kappa shape index (κ2) is 20.7. The summed E-state index contributed by atoms with van der Waals surface area (Å²) < 4.78 is 0. The Morgan fingerprint density at radius 3 is 1.61 bits per heavy atom. The average Bonchev–Trinajstić information content (AvgIpc) is 3.25. The first-order chi connectivity index (χ1) is 28.3. The van der Waals surface area contributed by atoms with E-state index in [1.54, 1.807) is 96.4 Å². The highest BCUT2D eigenvalue weighted by Gasteiger charge is 2.36. The lowest BCUT2D eigenvalue weighted by Crippen LogP contribution is -2.29. The first-order valence-corrected chi connectivity index (χ1v) is 20.2. The van der Waals surface area contributed by atoms with E-state index in [2.05, 4.69) is 31.8 Å². The Labute approximate surface area is 364 Å². The lowest BCUT2D eigenvalue weighted by molar-refractivity contribution is 0.125. The molecule has 0 amide bonds. The maximum atomic E-state index is 11.7. The van der Waals surface area contributed by atoms with Gasteiger partial charge in [-0.15, -0.1) is 0 Å². The molecule has 7 rings (SSSR count). The molecule has 3 heterocycles. The van der Waals surface area contributed by atoms with Crippen molar-refractivity contribution in [1.29, 1.82) is 0 Å². The van der Waals surface area contributed by atoms with Crippen molar-refractivity contribution in [2.75, 3.05) is 19.0 Å². The normalized spacial score (nSPS) is 12.0. The number of pyridine rings is 1. The highest BCUT2D eigenvalue weighted by molar-refractivity contribution is 6.32. The van der Waals surface area contributed by atoms with Crippen LogP contribution in [0.5, 0.6) is 0 Å². The highest BCUT2D eigenvalue weighted by Crippen LogP contribution is 2.40. The number of nitrogens with zero attached hydrogens (tertiary/aromatic N) is 5. The molecule has 0 saturated heterocycles. The second-order valence-corrected chi connectivity index (χ2v) is 15.5. The fraction of sp³-hybridized carbons (Fsp3) is 0.196. The van der Waals surface area contributed by atoms with Gasteiger partial charge in [-0.3, -0.25) is 14.8 Å². The summed E-state index contributed by atoms with van der Waals surface area (Å²) in [5.74, 6) is 0.623. The number of unbranched alkanes of at least 4 members (excludes halogenated alkanes) is 1. The van der Waals surface area contributed by atoms with Gasteiger partial charge in [0.05, 0.1) is 0 Å². The Hall–Kier alpha value is -5.13. The third-order valence-corrected chi connectivity index (χ3v) is 10.6. The molecule has 1 atom stereocenters. The molecule has 0 radical (unpaired) electrons. The number of hydrogen-bond acceptors (Lipinski definition) is 8. The second-order valence-electron chi connectivity index (χ2n) is 13.7. The van der Waals surface area contributed by atoms with Crippen molar-refractivity contribution in [3.63, 3.8) is 0 Å². The zero-order valence-electron chi connectivity index (χ0n) is 33.0. The van der Waals surface area contributed by atoms with Gasteiger partial charge >= 0.3 is 0 Å². The van der Waals surface area contributed by atoms with Gasteiger partial charge in [0.25, 0.3) is 5.56 Å². The van der Waals surface area contributed by atoms with Crippen LogP contribution in [0.3, 0.4) is 0 Å². The van der Waals surface area contributed by atoms with E-state index in [-0.39, 0.29) is 5.56 Å². The lowest BCUT2D eigenvalue weighted by atomic mass is 9.81. The topological polar surface area (TPSA) is 128 Å². The Morgan fingerprint density at radius 1 is 0.644 bits per heavy atom. The Balaban J connectivity index is 0.000000172. The third-order valence-electron chi connectivity index (χ3n) is 9.52. The third kappa shape index (κ3) is 10.9. The van der Waals surface area contributed by atoms with Crippen molar-refractivity contribution in [2.45, 2.75) is 44.3 Å². The highest BCUT2D eigenvalue weighted by atomic mass is 35.5. The first kappa shape index (κ1) is 45.0. The monoisotopic (exact) mass is 868 g/mol. The Bertz CT molecular complexity index is 2410. The average molecular weight is 871 g/mol. The minimum absolute atomic E-state index is 0.000324. The molecule has 304 valence electrons. The lowest BCUT2D eigenvalue weighted by Gasteiger charge is -2.30. The maximum Gasteiger partial charge on any atom is 0.255 e. The van der Waals surface area contributed by atoms with E-state index in [1.165, 1.54) is 6.33 Å². The van der Waals surface area contributed by atoms with Gasteiger partial charge in [-0.1, -0.05) is 120 Å². The van der Waals surface area contributed by atoms with Gasteiger partial charge in [0.15, 0.2) is 0 Å². The van der Waals surface area contributed by atoms with Gasteiger partial charge in [0.2, 0.25) is 5.95 Å². The maximum absolute atomic E-state index is 11.7. The molecular formula is C46H44Cl4N6O3. The molecule has 7 aromatic rings. The molecule has 3 aromatic heterocycles. The summed E-state index contributed by atoms with van der Waals surface area (Å²) in [5, 5.41) is 25.3. The number of anilines is 1. The fourth-order valence-corrected chi connectivity index (χ4v) is 6.97. The molecule has 0 aliphatic carbocycles. The summed E-state index contributed by atoms with van der Waals surface area (Å²) in [6, 6.07) is 32.0. The number of hydrogen-bond donors (Lipinski definition) is 3. The van der Waals surface area contributed by atoms with Gasteiger partial charge in [-0.05, 0) is 85.0 Å². The number of rotatable bonds is 10. The smallest absolute Gasteiger partial charge is 0.255 e. The molecule has 0 spiro atoms. The van der Waals surface area contributed by atoms with Crippen LogP contribution in [0.25, 0.3) is 0 Å². The Kier molecular flexibility index (Phi) is 15.8. The molecular weight excluding hydrogens is 826 g/mol. The summed E-state index contributed by atoms with van der Waals surface area (Å²) in [7, 11) is 3.73. The van der Waals surface area contributed by atoms with Crippen molar-refractivity contribution in [2.24, 2.45) is 0 Å². The number of halogens is 4. The fourth-order valence-electron chi connectivity index (χ4n) is 6.32. The zero-order chi connectivity index (χ0) is 42.6. The molecule has 1 unspecified atom stereocenters. The SMILES string of the molecule is CCCCc1c(C)nc(N(C)C)[nH]c1=O.OC(c1ccc(Cl)cc1)(c1ccc(Cl)cc1)c1cccnc1.OC(c1ccc(Cl)cc1)(c1cncnc1)c1ccccc1Cl. The van der Waals surface area contributed by atoms with Crippen LogP contribution in [0.2, 0.25) is 20.1 Å². The summed E-state index contributed by atoms with van der Waals surface area (Å²) in [6.45, 7) is 4.01. The number of aromatic nitrogens is 5. The predicted octanol–water partition coefficient (Wildman–Crippen LogP) is 10.2. The van der Waals surface area contributed by atoms with E-state index in [0.717, 1.165) is 30.5 Å². The van der Waals surface area contributed by atoms with Crippen molar-refractivity contribution in [3.8, 4) is 0 Å². The first-order valence-electron chi connectivity index (χ1n) is 18.7. The summed E-state index contributed by atoms with van der Waals surface area (Å²) in [4.78, 5) is 32.8. The van der Waals surface area contributed by atoms with Gasteiger partial charge in [-0.25, -0.2) is 15.0 Å². The van der Waals surface area contributed by atoms with E-state index in [1.807, 2.05) is 63.5 Å². The van der Waals surface area contributed by atoms with Crippen molar-refractivity contribution < 1.29 is 10.2 Å². The largest absolute Gasteiger partial charge is 0.376 e. The van der Waals surface area contributed by atoms with Crippen LogP contribution in [0.4, 0.5) is 5.95 Å². The molecule has 0 fully saturated rings. The molecule has 3 N–H and O–H groups in total. The number of benzene rings is 4. The van der Waals surface area contributed by atoms with Gasteiger partial charge in [0.1, 0.15) is 17.5 Å². The van der Waals surface area contributed by atoms with Crippen LogP contribution in [0.15, 0.2) is 145 Å². The van der Waals surface area contributed by atoms with E-state index in [9.17, 15) is 15.0 Å². The standard InChI is InChI=1S/C18H13Cl2NO.C17H12Cl2N2O.C11H19N3O/c19-16-7-3-13(4-8-16)18(22,15-2-1-11-21-12-15)14-5-9-17(20)10-6-14;18-14-7-5-12(6-8-14)17(22,13-9-20-11-21-10-13)15-3-1-2-4-16(15)19;1-5-6-7-9-8(2)12-11(14(3)4)13-10(9)15/h1-12,22H;1-11,22H;5-7H2,1-4H3,(H,12,13,15). The van der Waals surface area contributed by atoms with Crippen molar-refractivity contribution >= 4 is 52.4 Å². The molecule has 0 saturated carbocycles. The van der Waals surface area contributed by atoms with Crippen LogP contribution < -0.4 is 10.5 Å². The minimum atomic E-state index is -1.45. The van der Waals surface area contributed by atoms with Gasteiger partial charge in [-0.2, -0.15) is 0 Å². The van der Waals surface area contributed by atoms with E-state index in [4.69, 9.17) is 46.4 Å². The number of aliphatic hydroxyl groups is 2. The molecule has 0 aliphatic heterocycles. The van der Waals surface area contributed by atoms with E-state index in [0.29, 0.717) is 59.4 Å². The van der Waals surface area contributed by atoms with E-state index >= 15 is 0 Å². The van der Waals surface area contributed by atoms with Crippen molar-refractivity contribution in [1.82, 2.24) is 24.9 Å².